The Labute approximate surface area is 152 Å². The normalized spacial score (nSPS) is 16.5. The van der Waals surface area contributed by atoms with E-state index in [1.165, 1.54) is 4.90 Å². The molecule has 1 amide bonds. The number of hydrogen-bond acceptors (Lipinski definition) is 5. The standard InChI is InChI=1S/C20H21N3O3/c1-2-26-17(24)12-13-23-16-11-7-6-10-15(16)18(22-19(21)20(23)25)14-8-4-3-5-9-14/h3-11,19H,2,12-13,21H2,1H3. The second kappa shape index (κ2) is 7.93. The van der Waals surface area contributed by atoms with E-state index in [0.717, 1.165) is 11.1 Å². The van der Waals surface area contributed by atoms with Gasteiger partial charge in [-0.25, -0.2) is 0 Å². The first-order chi connectivity index (χ1) is 12.6. The molecule has 1 aliphatic rings. The van der Waals surface area contributed by atoms with Crippen LogP contribution in [0.3, 0.4) is 0 Å². The molecule has 26 heavy (non-hydrogen) atoms. The molecule has 0 aliphatic carbocycles. The maximum atomic E-state index is 12.8. The lowest BCUT2D eigenvalue weighted by atomic mass is 10.0. The van der Waals surface area contributed by atoms with Crippen LogP contribution >= 0.6 is 0 Å². The Hall–Kier alpha value is -2.99. The van der Waals surface area contributed by atoms with Gasteiger partial charge < -0.3 is 15.4 Å². The summed E-state index contributed by atoms with van der Waals surface area (Å²) in [5.74, 6) is -0.688. The fraction of sp³-hybridized carbons (Fsp3) is 0.250. The number of aliphatic imine (C=N–C) groups is 1. The van der Waals surface area contributed by atoms with Crippen molar-refractivity contribution in [1.29, 1.82) is 0 Å². The van der Waals surface area contributed by atoms with Crippen molar-refractivity contribution in [2.75, 3.05) is 18.1 Å². The van der Waals surface area contributed by atoms with Crippen LogP contribution in [0.5, 0.6) is 0 Å². The van der Waals surface area contributed by atoms with Gasteiger partial charge in [-0.3, -0.25) is 14.6 Å². The second-order valence-corrected chi connectivity index (χ2v) is 5.85. The number of hydrogen-bond donors (Lipinski definition) is 1. The number of anilines is 1. The Morgan fingerprint density at radius 1 is 1.15 bits per heavy atom. The summed E-state index contributed by atoms with van der Waals surface area (Å²) in [6.07, 6.45) is -0.929. The third-order valence-corrected chi connectivity index (χ3v) is 4.13. The Kier molecular flexibility index (Phi) is 5.43. The highest BCUT2D eigenvalue weighted by Crippen LogP contribution is 2.27. The Bertz CT molecular complexity index is 833. The van der Waals surface area contributed by atoms with E-state index in [1.807, 2.05) is 54.6 Å². The van der Waals surface area contributed by atoms with E-state index in [1.54, 1.807) is 6.92 Å². The fourth-order valence-electron chi connectivity index (χ4n) is 2.94. The van der Waals surface area contributed by atoms with Gasteiger partial charge in [-0.2, -0.15) is 0 Å². The van der Waals surface area contributed by atoms with Crippen LogP contribution in [0.25, 0.3) is 0 Å². The van der Waals surface area contributed by atoms with Gasteiger partial charge in [-0.05, 0) is 13.0 Å². The molecule has 0 bridgehead atoms. The van der Waals surface area contributed by atoms with Gasteiger partial charge in [-0.15, -0.1) is 0 Å². The first-order valence-electron chi connectivity index (χ1n) is 8.57. The first kappa shape index (κ1) is 17.8. The summed E-state index contributed by atoms with van der Waals surface area (Å²) in [6.45, 7) is 2.25. The van der Waals surface area contributed by atoms with Gasteiger partial charge in [0.2, 0.25) is 0 Å². The molecule has 0 saturated carbocycles. The summed E-state index contributed by atoms with van der Waals surface area (Å²) < 4.78 is 4.97. The smallest absolute Gasteiger partial charge is 0.307 e. The van der Waals surface area contributed by atoms with Crippen LogP contribution in [0, 0.1) is 0 Å². The summed E-state index contributed by atoms with van der Waals surface area (Å²) in [6, 6.07) is 17.1. The number of nitrogens with two attached hydrogens (primary N) is 1. The molecule has 3 rings (SSSR count). The molecule has 0 fully saturated rings. The van der Waals surface area contributed by atoms with Crippen molar-refractivity contribution in [2.45, 2.75) is 19.5 Å². The zero-order valence-electron chi connectivity index (χ0n) is 14.6. The number of fused-ring (bicyclic) bond motifs is 1. The van der Waals surface area contributed by atoms with Crippen LogP contribution in [0.15, 0.2) is 59.6 Å². The minimum absolute atomic E-state index is 0.0985. The highest BCUT2D eigenvalue weighted by molar-refractivity contribution is 6.20. The SMILES string of the molecule is CCOC(=O)CCN1C(=O)C(N)N=C(c2ccccc2)c2ccccc21. The van der Waals surface area contributed by atoms with E-state index < -0.39 is 6.17 Å². The van der Waals surface area contributed by atoms with Crippen LogP contribution < -0.4 is 10.6 Å². The van der Waals surface area contributed by atoms with E-state index in [-0.39, 0.29) is 24.8 Å². The van der Waals surface area contributed by atoms with Crippen LogP contribution in [0.2, 0.25) is 0 Å². The quantitative estimate of drug-likeness (QED) is 0.836. The molecule has 6 heteroatoms. The number of carbonyl (C=O) groups excluding carboxylic acids is 2. The molecular weight excluding hydrogens is 330 g/mol. The molecule has 2 N–H and O–H groups in total. The van der Waals surface area contributed by atoms with E-state index >= 15 is 0 Å². The van der Waals surface area contributed by atoms with Crippen molar-refractivity contribution in [1.82, 2.24) is 0 Å². The molecule has 2 aromatic carbocycles. The van der Waals surface area contributed by atoms with E-state index in [0.29, 0.717) is 18.0 Å². The number of benzodiazepines with no additional fused rings is 1. The van der Waals surface area contributed by atoms with Crippen LogP contribution in [0.1, 0.15) is 24.5 Å². The average Bonchev–Trinajstić information content (AvgIpc) is 2.77. The van der Waals surface area contributed by atoms with Crippen LogP contribution in [-0.2, 0) is 14.3 Å². The summed E-state index contributed by atoms with van der Waals surface area (Å²) >= 11 is 0. The molecule has 134 valence electrons. The van der Waals surface area contributed by atoms with E-state index in [4.69, 9.17) is 10.5 Å². The van der Waals surface area contributed by atoms with Crippen molar-refractivity contribution < 1.29 is 14.3 Å². The molecule has 0 radical (unpaired) electrons. The molecule has 0 aromatic heterocycles. The zero-order chi connectivity index (χ0) is 18.5. The molecular formula is C20H21N3O3. The lowest BCUT2D eigenvalue weighted by Crippen LogP contribution is -2.43. The summed E-state index contributed by atoms with van der Waals surface area (Å²) in [5.41, 5.74) is 9.10. The number of benzene rings is 2. The van der Waals surface area contributed by atoms with Crippen molar-refractivity contribution in [3.63, 3.8) is 0 Å². The third kappa shape index (κ3) is 3.65. The van der Waals surface area contributed by atoms with E-state index in [9.17, 15) is 9.59 Å². The summed E-state index contributed by atoms with van der Waals surface area (Å²) in [5, 5.41) is 0. The molecule has 0 spiro atoms. The van der Waals surface area contributed by atoms with Gasteiger partial charge in [-0.1, -0.05) is 48.5 Å². The molecule has 2 aromatic rings. The minimum atomic E-state index is -1.03. The number of esters is 1. The van der Waals surface area contributed by atoms with Crippen molar-refractivity contribution in [3.05, 3.63) is 65.7 Å². The van der Waals surface area contributed by atoms with Gasteiger partial charge in [0.25, 0.3) is 5.91 Å². The van der Waals surface area contributed by atoms with Crippen molar-refractivity contribution in [2.24, 2.45) is 10.7 Å². The summed E-state index contributed by atoms with van der Waals surface area (Å²) in [7, 11) is 0. The predicted molar refractivity (Wildman–Crippen MR) is 100 cm³/mol. The predicted octanol–water partition coefficient (Wildman–Crippen LogP) is 2.11. The number of para-hydroxylation sites is 1. The Morgan fingerprint density at radius 3 is 2.58 bits per heavy atom. The maximum Gasteiger partial charge on any atom is 0.307 e. The molecule has 0 saturated heterocycles. The number of amides is 1. The van der Waals surface area contributed by atoms with Gasteiger partial charge in [0.15, 0.2) is 6.17 Å². The van der Waals surface area contributed by atoms with Crippen LogP contribution in [-0.4, -0.2) is 36.9 Å². The van der Waals surface area contributed by atoms with Crippen molar-refractivity contribution >= 4 is 23.3 Å². The maximum absolute atomic E-state index is 12.8. The molecule has 1 heterocycles. The van der Waals surface area contributed by atoms with Crippen molar-refractivity contribution in [3.8, 4) is 0 Å². The van der Waals surface area contributed by atoms with Crippen LogP contribution in [0.4, 0.5) is 5.69 Å². The highest BCUT2D eigenvalue weighted by Gasteiger charge is 2.30. The molecule has 1 atom stereocenters. The van der Waals surface area contributed by atoms with Gasteiger partial charge in [0.05, 0.1) is 24.4 Å². The number of nitrogens with zero attached hydrogens (tertiary/aromatic N) is 2. The Morgan fingerprint density at radius 2 is 1.85 bits per heavy atom. The molecule has 1 aliphatic heterocycles. The largest absolute Gasteiger partial charge is 0.466 e. The highest BCUT2D eigenvalue weighted by atomic mass is 16.5. The fourth-order valence-corrected chi connectivity index (χ4v) is 2.94. The second-order valence-electron chi connectivity index (χ2n) is 5.85. The third-order valence-electron chi connectivity index (χ3n) is 4.13. The lowest BCUT2D eigenvalue weighted by molar-refractivity contribution is -0.142. The topological polar surface area (TPSA) is 85.0 Å². The molecule has 6 nitrogen and oxygen atoms in total. The lowest BCUT2D eigenvalue weighted by Gasteiger charge is -2.23. The average molecular weight is 351 g/mol. The minimum Gasteiger partial charge on any atom is -0.466 e. The number of ether oxygens (including phenoxy) is 1. The van der Waals surface area contributed by atoms with Gasteiger partial charge in [0.1, 0.15) is 0 Å². The molecule has 1 unspecified atom stereocenters. The Balaban J connectivity index is 2.01. The number of rotatable bonds is 5. The zero-order valence-corrected chi connectivity index (χ0v) is 14.6. The number of carbonyl (C=O) groups is 2. The van der Waals surface area contributed by atoms with Gasteiger partial charge >= 0.3 is 5.97 Å². The summed E-state index contributed by atoms with van der Waals surface area (Å²) in [4.78, 5) is 30.5. The first-order valence-corrected chi connectivity index (χ1v) is 8.57. The van der Waals surface area contributed by atoms with Gasteiger partial charge in [0, 0.05) is 17.7 Å². The van der Waals surface area contributed by atoms with E-state index in [2.05, 4.69) is 4.99 Å². The monoisotopic (exact) mass is 351 g/mol.